The zero-order valence-corrected chi connectivity index (χ0v) is 8.87. The Balaban J connectivity index is 2.02. The molecule has 1 aromatic heterocycles. The van der Waals surface area contributed by atoms with Gasteiger partial charge < -0.3 is 15.5 Å². The Morgan fingerprint density at radius 2 is 2.33 bits per heavy atom. The number of amides is 1. The molecule has 0 saturated heterocycles. The molecule has 0 radical (unpaired) electrons. The molecule has 4 nitrogen and oxygen atoms in total. The summed E-state index contributed by atoms with van der Waals surface area (Å²) in [4.78, 5) is 11.3. The van der Waals surface area contributed by atoms with Gasteiger partial charge in [0.15, 0.2) is 0 Å². The molecule has 0 aromatic carbocycles. The highest BCUT2D eigenvalue weighted by atomic mass is 16.3. The molecule has 0 saturated carbocycles. The van der Waals surface area contributed by atoms with Crippen LogP contribution >= 0.6 is 0 Å². The zero-order valence-electron chi connectivity index (χ0n) is 8.87. The molecule has 4 heteroatoms. The first-order valence-corrected chi connectivity index (χ1v) is 5.32. The van der Waals surface area contributed by atoms with E-state index in [0.29, 0.717) is 19.5 Å². The van der Waals surface area contributed by atoms with E-state index in [9.17, 15) is 4.79 Å². The third-order valence-corrected chi connectivity index (χ3v) is 2.13. The summed E-state index contributed by atoms with van der Waals surface area (Å²) in [5, 5.41) is 2.84. The first-order chi connectivity index (χ1) is 7.33. The first kappa shape index (κ1) is 11.8. The lowest BCUT2D eigenvalue weighted by atomic mass is 10.2. The van der Waals surface area contributed by atoms with Gasteiger partial charge >= 0.3 is 0 Å². The Hall–Kier alpha value is -1.29. The number of nitrogens with one attached hydrogen (secondary N) is 1. The average Bonchev–Trinajstić information content (AvgIpc) is 2.71. The van der Waals surface area contributed by atoms with Crippen LogP contribution in [0.2, 0.25) is 0 Å². The third-order valence-electron chi connectivity index (χ3n) is 2.13. The van der Waals surface area contributed by atoms with Crippen molar-refractivity contribution in [3.8, 4) is 0 Å². The van der Waals surface area contributed by atoms with Crippen molar-refractivity contribution < 1.29 is 9.21 Å². The molecule has 1 rings (SSSR count). The number of carbonyl (C=O) groups is 1. The van der Waals surface area contributed by atoms with Crippen LogP contribution in [0.4, 0.5) is 0 Å². The van der Waals surface area contributed by atoms with Crippen molar-refractivity contribution >= 4 is 5.91 Å². The summed E-state index contributed by atoms with van der Waals surface area (Å²) in [6.45, 7) is 1.29. The molecule has 0 spiro atoms. The van der Waals surface area contributed by atoms with E-state index in [4.69, 9.17) is 10.2 Å². The fourth-order valence-electron chi connectivity index (χ4n) is 1.30. The third kappa shape index (κ3) is 5.22. The maximum Gasteiger partial charge on any atom is 0.220 e. The van der Waals surface area contributed by atoms with Crippen LogP contribution in [0.5, 0.6) is 0 Å². The molecule has 0 atom stereocenters. The minimum Gasteiger partial charge on any atom is -0.469 e. The van der Waals surface area contributed by atoms with Gasteiger partial charge in [-0.25, -0.2) is 0 Å². The molecule has 0 bridgehead atoms. The highest BCUT2D eigenvalue weighted by Gasteiger charge is 2.00. The van der Waals surface area contributed by atoms with Crippen molar-refractivity contribution in [2.24, 2.45) is 5.73 Å². The Morgan fingerprint density at radius 1 is 1.47 bits per heavy atom. The number of furan rings is 1. The predicted octanol–water partition coefficient (Wildman–Crippen LogP) is 1.07. The van der Waals surface area contributed by atoms with Gasteiger partial charge in [0, 0.05) is 19.4 Å². The summed E-state index contributed by atoms with van der Waals surface area (Å²) in [6, 6.07) is 3.75. The molecule has 0 aliphatic rings. The van der Waals surface area contributed by atoms with Gasteiger partial charge in [-0.05, 0) is 31.5 Å². The second kappa shape index (κ2) is 7.06. The smallest absolute Gasteiger partial charge is 0.220 e. The van der Waals surface area contributed by atoms with Crippen molar-refractivity contribution in [3.63, 3.8) is 0 Å². The van der Waals surface area contributed by atoms with Crippen LogP contribution in [-0.2, 0) is 11.2 Å². The maximum atomic E-state index is 11.3. The molecule has 15 heavy (non-hydrogen) atoms. The molecule has 0 unspecified atom stereocenters. The Morgan fingerprint density at radius 3 is 3.00 bits per heavy atom. The van der Waals surface area contributed by atoms with Gasteiger partial charge in [0.05, 0.1) is 6.26 Å². The fourth-order valence-corrected chi connectivity index (χ4v) is 1.30. The standard InChI is InChI=1S/C11H18N2O2/c12-7-2-1-5-11(14)13-8-6-10-4-3-9-15-10/h3-4,9H,1-2,5-8,12H2,(H,13,14). The van der Waals surface area contributed by atoms with Gasteiger partial charge in [0.2, 0.25) is 5.91 Å². The van der Waals surface area contributed by atoms with Gasteiger partial charge in [-0.15, -0.1) is 0 Å². The highest BCUT2D eigenvalue weighted by Crippen LogP contribution is 1.99. The fraction of sp³-hybridized carbons (Fsp3) is 0.545. The first-order valence-electron chi connectivity index (χ1n) is 5.32. The Kier molecular flexibility index (Phi) is 5.55. The minimum atomic E-state index is 0.0926. The van der Waals surface area contributed by atoms with E-state index in [0.717, 1.165) is 25.0 Å². The van der Waals surface area contributed by atoms with Crippen LogP contribution in [-0.4, -0.2) is 19.0 Å². The highest BCUT2D eigenvalue weighted by molar-refractivity contribution is 5.75. The van der Waals surface area contributed by atoms with Gasteiger partial charge in [-0.1, -0.05) is 0 Å². The number of hydrogen-bond acceptors (Lipinski definition) is 3. The lowest BCUT2D eigenvalue weighted by Crippen LogP contribution is -2.25. The van der Waals surface area contributed by atoms with Crippen molar-refractivity contribution in [2.75, 3.05) is 13.1 Å². The lowest BCUT2D eigenvalue weighted by Gasteiger charge is -2.03. The van der Waals surface area contributed by atoms with Crippen LogP contribution in [0.3, 0.4) is 0 Å². The molecular formula is C11H18N2O2. The molecule has 0 aliphatic heterocycles. The summed E-state index contributed by atoms with van der Waals surface area (Å²) in [6.07, 6.45) is 4.72. The minimum absolute atomic E-state index is 0.0926. The Labute approximate surface area is 89.8 Å². The van der Waals surface area contributed by atoms with Crippen molar-refractivity contribution in [1.29, 1.82) is 0 Å². The second-order valence-corrected chi connectivity index (χ2v) is 3.43. The van der Waals surface area contributed by atoms with E-state index in [1.54, 1.807) is 6.26 Å². The predicted molar refractivity (Wildman–Crippen MR) is 58.3 cm³/mol. The number of rotatable bonds is 7. The van der Waals surface area contributed by atoms with E-state index in [1.165, 1.54) is 0 Å². The molecule has 0 fully saturated rings. The van der Waals surface area contributed by atoms with Crippen LogP contribution in [0.1, 0.15) is 25.0 Å². The number of carbonyl (C=O) groups excluding carboxylic acids is 1. The molecule has 3 N–H and O–H groups in total. The van der Waals surface area contributed by atoms with Gasteiger partial charge in [-0.2, -0.15) is 0 Å². The Bertz CT molecular complexity index is 270. The van der Waals surface area contributed by atoms with E-state index in [2.05, 4.69) is 5.32 Å². The molecule has 0 aliphatic carbocycles. The average molecular weight is 210 g/mol. The van der Waals surface area contributed by atoms with Crippen molar-refractivity contribution in [3.05, 3.63) is 24.2 Å². The SMILES string of the molecule is NCCCCC(=O)NCCc1ccco1. The van der Waals surface area contributed by atoms with Gasteiger partial charge in [-0.3, -0.25) is 4.79 Å². The lowest BCUT2D eigenvalue weighted by molar-refractivity contribution is -0.121. The van der Waals surface area contributed by atoms with Crippen LogP contribution in [0, 0.1) is 0 Å². The molecule has 1 aromatic rings. The van der Waals surface area contributed by atoms with Crippen molar-refractivity contribution in [1.82, 2.24) is 5.32 Å². The summed E-state index contributed by atoms with van der Waals surface area (Å²) in [5.74, 6) is 0.993. The number of hydrogen-bond donors (Lipinski definition) is 2. The number of unbranched alkanes of at least 4 members (excludes halogenated alkanes) is 1. The van der Waals surface area contributed by atoms with E-state index in [-0.39, 0.29) is 5.91 Å². The van der Waals surface area contributed by atoms with Crippen LogP contribution in [0.15, 0.2) is 22.8 Å². The van der Waals surface area contributed by atoms with Gasteiger partial charge in [0.25, 0.3) is 0 Å². The summed E-state index contributed by atoms with van der Waals surface area (Å²) < 4.78 is 5.15. The molecular weight excluding hydrogens is 192 g/mol. The van der Waals surface area contributed by atoms with E-state index in [1.807, 2.05) is 12.1 Å². The quantitative estimate of drug-likeness (QED) is 0.661. The molecule has 1 heterocycles. The van der Waals surface area contributed by atoms with E-state index >= 15 is 0 Å². The summed E-state index contributed by atoms with van der Waals surface area (Å²) in [7, 11) is 0. The van der Waals surface area contributed by atoms with Crippen LogP contribution < -0.4 is 11.1 Å². The van der Waals surface area contributed by atoms with Gasteiger partial charge in [0.1, 0.15) is 5.76 Å². The monoisotopic (exact) mass is 210 g/mol. The molecule has 1 amide bonds. The largest absolute Gasteiger partial charge is 0.469 e. The molecule has 84 valence electrons. The summed E-state index contributed by atoms with van der Waals surface area (Å²) in [5.41, 5.74) is 5.33. The van der Waals surface area contributed by atoms with Crippen LogP contribution in [0.25, 0.3) is 0 Å². The second-order valence-electron chi connectivity index (χ2n) is 3.43. The normalized spacial score (nSPS) is 10.2. The van der Waals surface area contributed by atoms with Crippen molar-refractivity contribution in [2.45, 2.75) is 25.7 Å². The van der Waals surface area contributed by atoms with E-state index < -0.39 is 0 Å². The zero-order chi connectivity index (χ0) is 10.9. The maximum absolute atomic E-state index is 11.3. The topological polar surface area (TPSA) is 68.3 Å². The summed E-state index contributed by atoms with van der Waals surface area (Å²) >= 11 is 0. The number of nitrogens with two attached hydrogens (primary N) is 1.